The van der Waals surface area contributed by atoms with E-state index >= 15 is 0 Å². The van der Waals surface area contributed by atoms with Crippen molar-refractivity contribution in [3.05, 3.63) is 30.1 Å². The van der Waals surface area contributed by atoms with Gasteiger partial charge in [-0.2, -0.15) is 0 Å². The molecule has 120 valence electrons. The van der Waals surface area contributed by atoms with Crippen molar-refractivity contribution in [3.8, 4) is 0 Å². The van der Waals surface area contributed by atoms with Gasteiger partial charge in [-0.1, -0.05) is 13.3 Å². The Bertz CT molecular complexity index is 520. The molecule has 1 aromatic carbocycles. The number of anilines is 1. The van der Waals surface area contributed by atoms with E-state index in [0.717, 1.165) is 37.8 Å². The van der Waals surface area contributed by atoms with Gasteiger partial charge in [0.1, 0.15) is 5.82 Å². The van der Waals surface area contributed by atoms with Crippen LogP contribution < -0.4 is 10.6 Å². The van der Waals surface area contributed by atoms with E-state index in [1.54, 1.807) is 0 Å². The molecule has 2 N–H and O–H groups in total. The number of halogens is 1. The summed E-state index contributed by atoms with van der Waals surface area (Å²) in [6.45, 7) is 5.75. The van der Waals surface area contributed by atoms with Crippen molar-refractivity contribution in [2.45, 2.75) is 32.2 Å². The summed E-state index contributed by atoms with van der Waals surface area (Å²) in [5, 5.41) is 0. The third kappa shape index (κ3) is 3.51. The lowest BCUT2D eigenvalue weighted by Crippen LogP contribution is -2.51. The molecule has 1 heterocycles. The molecule has 0 bridgehead atoms. The van der Waals surface area contributed by atoms with Crippen molar-refractivity contribution >= 4 is 11.6 Å². The molecular formula is C17H25FN4. The Labute approximate surface area is 131 Å². The molecule has 1 aliphatic heterocycles. The van der Waals surface area contributed by atoms with Gasteiger partial charge < -0.3 is 15.5 Å². The van der Waals surface area contributed by atoms with Gasteiger partial charge in [-0.15, -0.1) is 0 Å². The highest BCUT2D eigenvalue weighted by Crippen LogP contribution is 2.37. The Morgan fingerprint density at radius 3 is 2.55 bits per heavy atom. The zero-order valence-electron chi connectivity index (χ0n) is 13.2. The van der Waals surface area contributed by atoms with Crippen LogP contribution >= 0.6 is 0 Å². The van der Waals surface area contributed by atoms with E-state index in [-0.39, 0.29) is 5.82 Å². The molecule has 22 heavy (non-hydrogen) atoms. The third-order valence-corrected chi connectivity index (χ3v) is 4.64. The monoisotopic (exact) mass is 304 g/mol. The summed E-state index contributed by atoms with van der Waals surface area (Å²) in [5.74, 6) is 1.26. The van der Waals surface area contributed by atoms with E-state index in [9.17, 15) is 4.39 Å². The first-order valence-corrected chi connectivity index (χ1v) is 8.26. The molecule has 2 unspecified atom stereocenters. The zero-order chi connectivity index (χ0) is 15.5. The molecule has 0 spiro atoms. The van der Waals surface area contributed by atoms with Gasteiger partial charge in [-0.3, -0.25) is 0 Å². The number of guanidine groups is 1. The first kappa shape index (κ1) is 15.1. The number of rotatable bonds is 4. The van der Waals surface area contributed by atoms with Crippen LogP contribution in [0.1, 0.15) is 26.2 Å². The van der Waals surface area contributed by atoms with Crippen LogP contribution in [0, 0.1) is 11.7 Å². The molecule has 1 aromatic rings. The van der Waals surface area contributed by atoms with Crippen LogP contribution in [0.5, 0.6) is 0 Å². The average molecular weight is 304 g/mol. The van der Waals surface area contributed by atoms with Gasteiger partial charge in [0.15, 0.2) is 5.96 Å². The molecule has 0 aromatic heterocycles. The van der Waals surface area contributed by atoms with Gasteiger partial charge in [-0.05, 0) is 43.0 Å². The van der Waals surface area contributed by atoms with Gasteiger partial charge >= 0.3 is 0 Å². The van der Waals surface area contributed by atoms with Crippen LogP contribution in [0.4, 0.5) is 10.1 Å². The molecule has 5 heteroatoms. The van der Waals surface area contributed by atoms with Crippen LogP contribution in [0.15, 0.2) is 29.3 Å². The number of aliphatic imine (C=N–C) groups is 1. The second-order valence-electron chi connectivity index (χ2n) is 6.29. The zero-order valence-corrected chi connectivity index (χ0v) is 13.2. The third-order valence-electron chi connectivity index (χ3n) is 4.64. The fraction of sp³-hybridized carbons (Fsp3) is 0.588. The number of hydrogen-bond acceptors (Lipinski definition) is 2. The molecule has 3 rings (SSSR count). The number of hydrogen-bond donors (Lipinski definition) is 1. The number of nitrogens with two attached hydrogens (primary N) is 1. The highest BCUT2D eigenvalue weighted by atomic mass is 19.1. The van der Waals surface area contributed by atoms with Crippen LogP contribution in [-0.4, -0.2) is 43.1 Å². The molecular weight excluding hydrogens is 279 g/mol. The molecule has 2 atom stereocenters. The van der Waals surface area contributed by atoms with Crippen LogP contribution in [0.2, 0.25) is 0 Å². The highest BCUT2D eigenvalue weighted by molar-refractivity contribution is 5.78. The Balaban J connectivity index is 1.51. The van der Waals surface area contributed by atoms with Gasteiger partial charge in [-0.25, -0.2) is 9.38 Å². The van der Waals surface area contributed by atoms with E-state index < -0.39 is 0 Å². The maximum atomic E-state index is 13.0. The van der Waals surface area contributed by atoms with E-state index in [1.165, 1.54) is 31.4 Å². The Morgan fingerprint density at radius 2 is 1.91 bits per heavy atom. The van der Waals surface area contributed by atoms with Gasteiger partial charge in [0, 0.05) is 31.9 Å². The van der Waals surface area contributed by atoms with Crippen molar-refractivity contribution in [1.82, 2.24) is 4.90 Å². The van der Waals surface area contributed by atoms with Crippen molar-refractivity contribution in [3.63, 3.8) is 0 Å². The Hall–Kier alpha value is -1.78. The van der Waals surface area contributed by atoms with Crippen molar-refractivity contribution in [2.75, 3.05) is 31.1 Å². The fourth-order valence-corrected chi connectivity index (χ4v) is 3.17. The minimum Gasteiger partial charge on any atom is -0.370 e. The second-order valence-corrected chi connectivity index (χ2v) is 6.29. The quantitative estimate of drug-likeness (QED) is 0.686. The van der Waals surface area contributed by atoms with E-state index in [4.69, 9.17) is 5.73 Å². The van der Waals surface area contributed by atoms with Crippen LogP contribution in [-0.2, 0) is 0 Å². The molecule has 2 aliphatic rings. The summed E-state index contributed by atoms with van der Waals surface area (Å²) in [6.07, 6.45) is 3.69. The summed E-state index contributed by atoms with van der Waals surface area (Å²) >= 11 is 0. The molecule has 1 saturated heterocycles. The van der Waals surface area contributed by atoms with E-state index in [1.807, 2.05) is 12.1 Å². The highest BCUT2D eigenvalue weighted by Gasteiger charge is 2.36. The van der Waals surface area contributed by atoms with E-state index in [2.05, 4.69) is 21.7 Å². The predicted octanol–water partition coefficient (Wildman–Crippen LogP) is 2.45. The first-order chi connectivity index (χ1) is 10.7. The maximum absolute atomic E-state index is 13.0. The van der Waals surface area contributed by atoms with Crippen molar-refractivity contribution in [1.29, 1.82) is 0 Å². The molecule has 1 saturated carbocycles. The molecule has 0 radical (unpaired) electrons. The lowest BCUT2D eigenvalue weighted by Gasteiger charge is -2.36. The Kier molecular flexibility index (Phi) is 4.50. The molecule has 1 aliphatic carbocycles. The smallest absolute Gasteiger partial charge is 0.191 e. The molecule has 0 amide bonds. The van der Waals surface area contributed by atoms with Gasteiger partial charge in [0.05, 0.1) is 6.04 Å². The van der Waals surface area contributed by atoms with Crippen LogP contribution in [0.25, 0.3) is 0 Å². The Morgan fingerprint density at radius 1 is 1.23 bits per heavy atom. The maximum Gasteiger partial charge on any atom is 0.191 e. The average Bonchev–Trinajstić information content (AvgIpc) is 3.26. The lowest BCUT2D eigenvalue weighted by molar-refractivity contribution is 0.380. The first-order valence-electron chi connectivity index (χ1n) is 8.26. The van der Waals surface area contributed by atoms with Gasteiger partial charge in [0.2, 0.25) is 0 Å². The fourth-order valence-electron chi connectivity index (χ4n) is 3.17. The standard InChI is InChI=1S/C17H25FN4/c1-2-3-13-12-16(13)20-17(19)22-10-8-21(9-11-22)15-6-4-14(18)5-7-15/h4-7,13,16H,2-3,8-12H2,1H3,(H2,19,20). The minimum atomic E-state index is -0.190. The number of nitrogens with zero attached hydrogens (tertiary/aromatic N) is 3. The summed E-state index contributed by atoms with van der Waals surface area (Å²) in [7, 11) is 0. The number of benzene rings is 1. The molecule has 2 fully saturated rings. The normalized spacial score (nSPS) is 25.5. The van der Waals surface area contributed by atoms with Crippen LogP contribution in [0.3, 0.4) is 0 Å². The summed E-state index contributed by atoms with van der Waals surface area (Å²) < 4.78 is 13.0. The summed E-state index contributed by atoms with van der Waals surface area (Å²) in [6, 6.07) is 7.15. The second kappa shape index (κ2) is 6.55. The summed E-state index contributed by atoms with van der Waals surface area (Å²) in [5.41, 5.74) is 7.23. The SMILES string of the molecule is CCCC1CC1N=C(N)N1CCN(c2ccc(F)cc2)CC1. The largest absolute Gasteiger partial charge is 0.370 e. The topological polar surface area (TPSA) is 44.9 Å². The molecule has 4 nitrogen and oxygen atoms in total. The van der Waals surface area contributed by atoms with E-state index in [0.29, 0.717) is 12.0 Å². The lowest BCUT2D eigenvalue weighted by atomic mass is 10.2. The van der Waals surface area contributed by atoms with Crippen molar-refractivity contribution < 1.29 is 4.39 Å². The minimum absolute atomic E-state index is 0.190. The predicted molar refractivity (Wildman–Crippen MR) is 88.6 cm³/mol. The number of piperazine rings is 1. The van der Waals surface area contributed by atoms with Gasteiger partial charge in [0.25, 0.3) is 0 Å². The van der Waals surface area contributed by atoms with Crippen molar-refractivity contribution in [2.24, 2.45) is 16.6 Å². The summed E-state index contributed by atoms with van der Waals surface area (Å²) in [4.78, 5) is 9.11.